The second-order valence-corrected chi connectivity index (χ2v) is 9.08. The minimum absolute atomic E-state index is 0.000784. The highest BCUT2D eigenvalue weighted by atomic mass is 32.2. The first kappa shape index (κ1) is 22.7. The Morgan fingerprint density at radius 2 is 1.76 bits per heavy atom. The highest BCUT2D eigenvalue weighted by Gasteiger charge is 2.16. The van der Waals surface area contributed by atoms with Crippen molar-refractivity contribution >= 4 is 22.8 Å². The van der Waals surface area contributed by atoms with Gasteiger partial charge in [-0.25, -0.2) is 18.7 Å². The molecule has 4 rings (SSSR count). The first-order valence-electron chi connectivity index (χ1n) is 10.2. The first-order valence-corrected chi connectivity index (χ1v) is 12.2. The molecule has 1 unspecified atom stereocenters. The lowest BCUT2D eigenvalue weighted by atomic mass is 10.1. The van der Waals surface area contributed by atoms with Crippen molar-refractivity contribution in [3.8, 4) is 17.0 Å². The molecule has 0 radical (unpaired) electrons. The van der Waals surface area contributed by atoms with Crippen LogP contribution >= 0.6 is 11.2 Å². The summed E-state index contributed by atoms with van der Waals surface area (Å²) < 4.78 is 44.2. The van der Waals surface area contributed by atoms with Gasteiger partial charge in [0.1, 0.15) is 23.9 Å². The van der Waals surface area contributed by atoms with Gasteiger partial charge >= 0.3 is 0 Å². The Balaban J connectivity index is 1.61. The average Bonchev–Trinajstić information content (AvgIpc) is 2.80. The van der Waals surface area contributed by atoms with Crippen molar-refractivity contribution in [2.75, 3.05) is 11.6 Å². The number of nitrogens with zero attached hydrogens (tertiary/aromatic N) is 2. The third-order valence-corrected chi connectivity index (χ3v) is 5.60. The number of anilines is 2. The molecule has 3 aromatic carbocycles. The number of thiol groups is 1. The maximum Gasteiger partial charge on any atom is 0.227 e. The number of benzene rings is 3. The van der Waals surface area contributed by atoms with Gasteiger partial charge in [-0.3, -0.25) is 0 Å². The lowest BCUT2D eigenvalue weighted by Crippen LogP contribution is -2.03. The van der Waals surface area contributed by atoms with Crippen LogP contribution in [0.2, 0.25) is 0 Å². The summed E-state index contributed by atoms with van der Waals surface area (Å²) in [6.45, 7) is 0.201. The van der Waals surface area contributed by atoms with Crippen LogP contribution in [0.4, 0.5) is 20.4 Å². The van der Waals surface area contributed by atoms with E-state index in [0.29, 0.717) is 17.0 Å². The van der Waals surface area contributed by atoms with E-state index < -0.39 is 22.8 Å². The van der Waals surface area contributed by atoms with Crippen molar-refractivity contribution in [1.82, 2.24) is 9.97 Å². The van der Waals surface area contributed by atoms with Gasteiger partial charge in [-0.05, 0) is 41.6 Å². The van der Waals surface area contributed by atoms with Crippen molar-refractivity contribution < 1.29 is 18.1 Å². The Bertz CT molecular complexity index is 1240. The van der Waals surface area contributed by atoms with E-state index in [9.17, 15) is 13.3 Å². The van der Waals surface area contributed by atoms with Crippen molar-refractivity contribution in [3.63, 3.8) is 0 Å². The van der Waals surface area contributed by atoms with Gasteiger partial charge in [0, 0.05) is 23.1 Å². The molecular formula is C25H23F2N3O2S. The number of halogens is 2. The fourth-order valence-electron chi connectivity index (χ4n) is 3.30. The van der Waals surface area contributed by atoms with Gasteiger partial charge in [-0.15, -0.1) is 11.2 Å². The zero-order valence-electron chi connectivity index (χ0n) is 17.9. The third kappa shape index (κ3) is 6.06. The summed E-state index contributed by atoms with van der Waals surface area (Å²) >= 11 is -1.07. The number of aromatic nitrogens is 2. The Hall–Kier alpha value is -3.49. The molecule has 0 saturated carbocycles. The van der Waals surface area contributed by atoms with E-state index in [0.717, 1.165) is 17.3 Å². The van der Waals surface area contributed by atoms with Crippen LogP contribution in [-0.2, 0) is 12.4 Å². The number of ether oxygens (including phenoxy) is 1. The smallest absolute Gasteiger partial charge is 0.227 e. The molecule has 1 aromatic heterocycles. The Morgan fingerprint density at radius 1 is 0.970 bits per heavy atom. The van der Waals surface area contributed by atoms with Crippen molar-refractivity contribution in [2.45, 2.75) is 12.4 Å². The van der Waals surface area contributed by atoms with E-state index in [2.05, 4.69) is 15.3 Å². The molecule has 8 heteroatoms. The molecule has 4 aromatic rings. The summed E-state index contributed by atoms with van der Waals surface area (Å²) in [7, 11) is 0. The molecule has 0 spiro atoms. The normalized spacial score (nSPS) is 12.3. The molecule has 1 heterocycles. The molecule has 0 amide bonds. The van der Waals surface area contributed by atoms with E-state index >= 15 is 0 Å². The maximum atomic E-state index is 14.7. The number of rotatable bonds is 8. The van der Waals surface area contributed by atoms with Crippen molar-refractivity contribution in [2.24, 2.45) is 0 Å². The van der Waals surface area contributed by atoms with Crippen LogP contribution in [0.25, 0.3) is 11.3 Å². The van der Waals surface area contributed by atoms with Gasteiger partial charge in [0.15, 0.2) is 5.82 Å². The fourth-order valence-corrected chi connectivity index (χ4v) is 4.03. The predicted octanol–water partition coefficient (Wildman–Crippen LogP) is 6.35. The molecule has 0 aliphatic heterocycles. The zero-order chi connectivity index (χ0) is 23.2. The number of hydrogen-bond acceptors (Lipinski definition) is 5. The monoisotopic (exact) mass is 467 g/mol. The van der Waals surface area contributed by atoms with Crippen molar-refractivity contribution in [1.29, 1.82) is 0 Å². The summed E-state index contributed by atoms with van der Waals surface area (Å²) in [4.78, 5) is 8.36. The molecule has 0 bridgehead atoms. The van der Waals surface area contributed by atoms with Crippen LogP contribution in [0.5, 0.6) is 5.75 Å². The van der Waals surface area contributed by atoms with E-state index in [4.69, 9.17) is 4.74 Å². The summed E-state index contributed by atoms with van der Waals surface area (Å²) in [5.41, 5.74) is 2.90. The van der Waals surface area contributed by atoms with Crippen LogP contribution in [0.1, 0.15) is 11.1 Å². The molecule has 5 nitrogen and oxygen atoms in total. The maximum absolute atomic E-state index is 14.7. The Morgan fingerprint density at radius 3 is 2.55 bits per heavy atom. The predicted molar refractivity (Wildman–Crippen MR) is 129 cm³/mol. The van der Waals surface area contributed by atoms with Gasteiger partial charge in [-0.1, -0.05) is 42.5 Å². The van der Waals surface area contributed by atoms with Crippen LogP contribution in [0.3, 0.4) is 0 Å². The summed E-state index contributed by atoms with van der Waals surface area (Å²) in [5, 5.41) is 3.07. The third-order valence-electron chi connectivity index (χ3n) is 4.77. The minimum atomic E-state index is -1.07. The van der Waals surface area contributed by atoms with Gasteiger partial charge in [0.2, 0.25) is 5.95 Å². The molecule has 2 N–H and O–H groups in total. The van der Waals surface area contributed by atoms with Crippen LogP contribution in [0.15, 0.2) is 79.0 Å². The quantitative estimate of drug-likeness (QED) is 0.264. The second kappa shape index (κ2) is 10.4. The SMILES string of the molecule is C[SH](O)Cc1cccc(Nc2ncc(F)c(-c3ccc(F)cc3OCc3ccccc3)n2)c1. The molecule has 1 atom stereocenters. The van der Waals surface area contributed by atoms with Crippen molar-refractivity contribution in [3.05, 3.63) is 102 Å². The highest BCUT2D eigenvalue weighted by Crippen LogP contribution is 2.33. The molecular weight excluding hydrogens is 444 g/mol. The van der Waals surface area contributed by atoms with Gasteiger partial charge in [-0.2, -0.15) is 0 Å². The lowest BCUT2D eigenvalue weighted by Gasteiger charge is -2.14. The zero-order valence-corrected chi connectivity index (χ0v) is 18.8. The van der Waals surface area contributed by atoms with Crippen LogP contribution in [0, 0.1) is 11.6 Å². The van der Waals surface area contributed by atoms with E-state index in [1.54, 1.807) is 6.26 Å². The summed E-state index contributed by atoms with van der Waals surface area (Å²) in [5.74, 6) is -0.209. The Labute approximate surface area is 193 Å². The molecule has 0 saturated heterocycles. The molecule has 0 aliphatic rings. The highest BCUT2D eigenvalue weighted by molar-refractivity contribution is 8.10. The fraction of sp³-hybridized carbons (Fsp3) is 0.120. The molecule has 33 heavy (non-hydrogen) atoms. The van der Waals surface area contributed by atoms with E-state index in [1.165, 1.54) is 18.2 Å². The topological polar surface area (TPSA) is 67.3 Å². The largest absolute Gasteiger partial charge is 0.488 e. The summed E-state index contributed by atoms with van der Waals surface area (Å²) in [6, 6.07) is 20.8. The van der Waals surface area contributed by atoms with Gasteiger partial charge in [0.25, 0.3) is 0 Å². The number of hydrogen-bond donors (Lipinski definition) is 3. The Kier molecular flexibility index (Phi) is 7.16. The minimum Gasteiger partial charge on any atom is -0.488 e. The van der Waals surface area contributed by atoms with Gasteiger partial charge < -0.3 is 14.6 Å². The molecule has 170 valence electrons. The summed E-state index contributed by atoms with van der Waals surface area (Å²) in [6.07, 6.45) is 2.85. The van der Waals surface area contributed by atoms with Crippen LogP contribution in [-0.4, -0.2) is 20.8 Å². The average molecular weight is 468 g/mol. The van der Waals surface area contributed by atoms with E-state index in [1.807, 2.05) is 54.6 Å². The van der Waals surface area contributed by atoms with Crippen LogP contribution < -0.4 is 10.1 Å². The first-order chi connectivity index (χ1) is 16.0. The standard InChI is InChI=1S/C25H23F2N3O2S/c1-33(31)16-18-8-5-9-20(12-18)29-25-28-14-22(27)24(30-25)21-11-10-19(26)13-23(21)32-15-17-6-3-2-4-7-17/h2-14,31,33H,15-16H2,1H3,(H,28,29,30). The number of nitrogens with one attached hydrogen (secondary N) is 1. The van der Waals surface area contributed by atoms with E-state index in [-0.39, 0.29) is 24.0 Å². The molecule has 0 aliphatic carbocycles. The molecule has 0 fully saturated rings. The van der Waals surface area contributed by atoms with Gasteiger partial charge in [0.05, 0.1) is 6.20 Å². The second-order valence-electron chi connectivity index (χ2n) is 7.45. The lowest BCUT2D eigenvalue weighted by molar-refractivity contribution is 0.305.